The number of methoxy groups -OCH3 is 1. The molecule has 0 aliphatic rings. The molecule has 0 fully saturated rings. The quantitative estimate of drug-likeness (QED) is 0.797. The Labute approximate surface area is 128 Å². The van der Waals surface area contributed by atoms with Crippen molar-refractivity contribution in [2.75, 3.05) is 12.4 Å². The second kappa shape index (κ2) is 6.67. The largest absolute Gasteiger partial charge is 0.495 e. The van der Waals surface area contributed by atoms with Crippen LogP contribution in [0.5, 0.6) is 5.75 Å². The number of carbonyl (C=O) groups excluding carboxylic acids is 1. The minimum absolute atomic E-state index is 0.362. The number of halogens is 1. The van der Waals surface area contributed by atoms with Gasteiger partial charge in [0.2, 0.25) is 0 Å². The molecule has 3 N–H and O–H groups in total. The lowest BCUT2D eigenvalue weighted by atomic mass is 9.87. The Bertz CT molecular complexity index is 540. The molecule has 1 rings (SSSR count). The molecule has 0 spiro atoms. The maximum absolute atomic E-state index is 12.0. The van der Waals surface area contributed by atoms with Gasteiger partial charge in [0.15, 0.2) is 0 Å². The van der Waals surface area contributed by atoms with Crippen molar-refractivity contribution in [3.8, 4) is 5.75 Å². The first kappa shape index (κ1) is 17.1. The number of hydrogen-bond acceptors (Lipinski definition) is 3. The Morgan fingerprint density at radius 1 is 1.33 bits per heavy atom. The minimum atomic E-state index is -1.10. The number of rotatable bonds is 4. The van der Waals surface area contributed by atoms with Gasteiger partial charge in [-0.3, -0.25) is 0 Å². The maximum atomic E-state index is 12.0. The third kappa shape index (κ3) is 4.82. The van der Waals surface area contributed by atoms with Gasteiger partial charge in [-0.25, -0.2) is 9.59 Å². The number of anilines is 1. The van der Waals surface area contributed by atoms with Crippen LogP contribution in [0, 0.1) is 5.41 Å². The molecular weight excluding hydrogens is 296 g/mol. The van der Waals surface area contributed by atoms with Crippen LogP contribution >= 0.6 is 11.6 Å². The summed E-state index contributed by atoms with van der Waals surface area (Å²) in [5.41, 5.74) is -0.262. The molecule has 2 amide bonds. The summed E-state index contributed by atoms with van der Waals surface area (Å²) in [4.78, 5) is 23.2. The number of carboxylic acids is 1. The van der Waals surface area contributed by atoms with Crippen LogP contribution in [-0.2, 0) is 4.79 Å². The van der Waals surface area contributed by atoms with Gasteiger partial charge < -0.3 is 20.5 Å². The average molecular weight is 315 g/mol. The molecular formula is C14H19ClN2O4. The number of carbonyl (C=O) groups is 2. The van der Waals surface area contributed by atoms with E-state index in [0.717, 1.165) is 0 Å². The van der Waals surface area contributed by atoms with Crippen LogP contribution in [0.3, 0.4) is 0 Å². The highest BCUT2D eigenvalue weighted by Gasteiger charge is 2.32. The molecule has 0 unspecified atom stereocenters. The van der Waals surface area contributed by atoms with Crippen molar-refractivity contribution in [1.82, 2.24) is 5.32 Å². The van der Waals surface area contributed by atoms with Gasteiger partial charge in [0.1, 0.15) is 11.8 Å². The third-order valence-corrected chi connectivity index (χ3v) is 3.03. The molecule has 1 atom stereocenters. The van der Waals surface area contributed by atoms with E-state index in [4.69, 9.17) is 16.3 Å². The first-order valence-electron chi connectivity index (χ1n) is 6.29. The number of aliphatic carboxylic acids is 1. The van der Waals surface area contributed by atoms with Crippen LogP contribution in [0.25, 0.3) is 0 Å². The van der Waals surface area contributed by atoms with E-state index in [-0.39, 0.29) is 0 Å². The Kier molecular flexibility index (Phi) is 5.43. The lowest BCUT2D eigenvalue weighted by Crippen LogP contribution is -2.50. The van der Waals surface area contributed by atoms with Gasteiger partial charge in [-0.15, -0.1) is 0 Å². The molecule has 0 radical (unpaired) electrons. The fourth-order valence-corrected chi connectivity index (χ4v) is 1.89. The van der Waals surface area contributed by atoms with Gasteiger partial charge in [-0.1, -0.05) is 32.4 Å². The lowest BCUT2D eigenvalue weighted by molar-refractivity contribution is -0.141. The van der Waals surface area contributed by atoms with E-state index in [0.29, 0.717) is 16.5 Å². The molecule has 0 saturated heterocycles. The molecule has 21 heavy (non-hydrogen) atoms. The maximum Gasteiger partial charge on any atom is 0.326 e. The van der Waals surface area contributed by atoms with E-state index >= 15 is 0 Å². The molecule has 6 nitrogen and oxygen atoms in total. The molecule has 0 saturated carbocycles. The van der Waals surface area contributed by atoms with E-state index in [1.165, 1.54) is 13.2 Å². The van der Waals surface area contributed by atoms with Crippen molar-refractivity contribution in [1.29, 1.82) is 0 Å². The SMILES string of the molecule is COc1ccc(Cl)cc1NC(=O)N[C@@H](C(=O)O)C(C)(C)C. The van der Waals surface area contributed by atoms with Crippen LogP contribution in [0.1, 0.15) is 20.8 Å². The lowest BCUT2D eigenvalue weighted by Gasteiger charge is -2.27. The van der Waals surface area contributed by atoms with Crippen molar-refractivity contribution in [2.45, 2.75) is 26.8 Å². The van der Waals surface area contributed by atoms with E-state index in [1.807, 2.05) is 0 Å². The summed E-state index contributed by atoms with van der Waals surface area (Å²) in [5.74, 6) is -0.673. The Morgan fingerprint density at radius 3 is 2.43 bits per heavy atom. The number of hydrogen-bond donors (Lipinski definition) is 3. The van der Waals surface area contributed by atoms with Gasteiger partial charge in [0.05, 0.1) is 12.8 Å². The Hall–Kier alpha value is -1.95. The second-order valence-corrected chi connectivity index (χ2v) is 6.02. The van der Waals surface area contributed by atoms with Crippen molar-refractivity contribution in [3.63, 3.8) is 0 Å². The number of carboxylic acid groups (broad SMARTS) is 1. The molecule has 116 valence electrons. The monoisotopic (exact) mass is 314 g/mol. The molecule has 1 aromatic rings. The first-order valence-corrected chi connectivity index (χ1v) is 6.67. The van der Waals surface area contributed by atoms with Crippen molar-refractivity contribution < 1.29 is 19.4 Å². The second-order valence-electron chi connectivity index (χ2n) is 5.58. The van der Waals surface area contributed by atoms with Gasteiger partial charge in [-0.05, 0) is 23.6 Å². The summed E-state index contributed by atoms with van der Waals surface area (Å²) in [6.45, 7) is 5.18. The normalized spacial score (nSPS) is 12.4. The minimum Gasteiger partial charge on any atom is -0.495 e. The highest BCUT2D eigenvalue weighted by molar-refractivity contribution is 6.31. The zero-order valence-electron chi connectivity index (χ0n) is 12.4. The smallest absolute Gasteiger partial charge is 0.326 e. The number of nitrogens with one attached hydrogen (secondary N) is 2. The molecule has 7 heteroatoms. The number of ether oxygens (including phenoxy) is 1. The Balaban J connectivity index is 2.86. The van der Waals surface area contributed by atoms with Crippen molar-refractivity contribution in [2.24, 2.45) is 5.41 Å². The van der Waals surface area contributed by atoms with Gasteiger partial charge in [0.25, 0.3) is 0 Å². The van der Waals surface area contributed by atoms with Crippen LogP contribution in [-0.4, -0.2) is 30.3 Å². The Morgan fingerprint density at radius 2 is 1.95 bits per heavy atom. The van der Waals surface area contributed by atoms with E-state index in [2.05, 4.69) is 10.6 Å². The highest BCUT2D eigenvalue weighted by atomic mass is 35.5. The van der Waals surface area contributed by atoms with Crippen LogP contribution in [0.15, 0.2) is 18.2 Å². The summed E-state index contributed by atoms with van der Waals surface area (Å²) in [6.07, 6.45) is 0. The average Bonchev–Trinajstić information content (AvgIpc) is 2.34. The summed E-state index contributed by atoms with van der Waals surface area (Å²) < 4.78 is 5.10. The van der Waals surface area contributed by atoms with Crippen LogP contribution in [0.4, 0.5) is 10.5 Å². The molecule has 0 aliphatic heterocycles. The summed E-state index contributed by atoms with van der Waals surface area (Å²) in [7, 11) is 1.46. The predicted octanol–water partition coefficient (Wildman–Crippen LogP) is 2.97. The van der Waals surface area contributed by atoms with Crippen molar-refractivity contribution in [3.05, 3.63) is 23.2 Å². The van der Waals surface area contributed by atoms with Gasteiger partial charge in [-0.2, -0.15) is 0 Å². The van der Waals surface area contributed by atoms with Crippen LogP contribution < -0.4 is 15.4 Å². The topological polar surface area (TPSA) is 87.7 Å². The highest BCUT2D eigenvalue weighted by Crippen LogP contribution is 2.27. The van der Waals surface area contributed by atoms with E-state index in [1.54, 1.807) is 32.9 Å². The fraction of sp³-hybridized carbons (Fsp3) is 0.429. The van der Waals surface area contributed by atoms with Crippen molar-refractivity contribution >= 4 is 29.3 Å². The number of urea groups is 1. The van der Waals surface area contributed by atoms with Crippen LogP contribution in [0.2, 0.25) is 5.02 Å². The zero-order chi connectivity index (χ0) is 16.2. The number of amides is 2. The standard InChI is InChI=1S/C14H19ClN2O4/c1-14(2,3)11(12(18)19)17-13(20)16-9-7-8(15)5-6-10(9)21-4/h5-7,11H,1-4H3,(H,18,19)(H2,16,17,20)/t11-/m0/s1. The summed E-state index contributed by atoms with van der Waals surface area (Å²) >= 11 is 5.86. The molecule has 1 aromatic carbocycles. The van der Waals surface area contributed by atoms with Gasteiger partial charge in [0, 0.05) is 5.02 Å². The first-order chi connectivity index (χ1) is 9.65. The van der Waals surface area contributed by atoms with E-state index in [9.17, 15) is 14.7 Å². The van der Waals surface area contributed by atoms with Gasteiger partial charge >= 0.3 is 12.0 Å². The summed E-state index contributed by atoms with van der Waals surface area (Å²) in [6, 6.07) is 3.09. The summed E-state index contributed by atoms with van der Waals surface area (Å²) in [5, 5.41) is 14.6. The molecule has 0 heterocycles. The molecule has 0 bridgehead atoms. The predicted molar refractivity (Wildman–Crippen MR) is 81.0 cm³/mol. The molecule has 0 aromatic heterocycles. The number of benzene rings is 1. The zero-order valence-corrected chi connectivity index (χ0v) is 13.1. The van der Waals surface area contributed by atoms with E-state index < -0.39 is 23.5 Å². The third-order valence-electron chi connectivity index (χ3n) is 2.80. The fourth-order valence-electron chi connectivity index (χ4n) is 1.72. The molecule has 0 aliphatic carbocycles.